The normalized spacial score (nSPS) is 10.9. The molecule has 0 fully saturated rings. The third-order valence-electron chi connectivity index (χ3n) is 4.61. The highest BCUT2D eigenvalue weighted by Gasteiger charge is 2.19. The summed E-state index contributed by atoms with van der Waals surface area (Å²) in [5.41, 5.74) is 3.03. The molecule has 3 aromatic carbocycles. The third kappa shape index (κ3) is 4.07. The van der Waals surface area contributed by atoms with Gasteiger partial charge in [-0.15, -0.1) is 10.2 Å². The van der Waals surface area contributed by atoms with E-state index in [0.717, 1.165) is 28.9 Å². The lowest BCUT2D eigenvalue weighted by molar-refractivity contribution is 0.416. The maximum Gasteiger partial charge on any atom is 0.196 e. The SMILES string of the molecule is COc1ccccc1-c1nnc(SCc2cc(F)ccc2F)n1-c1cccc(C)c1. The highest BCUT2D eigenvalue weighted by Crippen LogP contribution is 2.34. The van der Waals surface area contributed by atoms with E-state index in [2.05, 4.69) is 10.2 Å². The van der Waals surface area contributed by atoms with Crippen molar-refractivity contribution in [3.63, 3.8) is 0 Å². The predicted octanol–water partition coefficient (Wildman–Crippen LogP) is 5.82. The van der Waals surface area contributed by atoms with Crippen LogP contribution in [0.3, 0.4) is 0 Å². The Morgan fingerprint density at radius 1 is 0.967 bits per heavy atom. The van der Waals surface area contributed by atoms with E-state index in [-0.39, 0.29) is 11.3 Å². The molecule has 4 aromatic rings. The molecule has 0 radical (unpaired) electrons. The fraction of sp³-hybridized carbons (Fsp3) is 0.130. The van der Waals surface area contributed by atoms with Crippen molar-refractivity contribution >= 4 is 11.8 Å². The Bertz CT molecular complexity index is 1190. The van der Waals surface area contributed by atoms with Gasteiger partial charge in [0.2, 0.25) is 0 Å². The molecule has 0 aliphatic rings. The van der Waals surface area contributed by atoms with E-state index in [4.69, 9.17) is 4.74 Å². The zero-order chi connectivity index (χ0) is 21.1. The Labute approximate surface area is 177 Å². The fourth-order valence-corrected chi connectivity index (χ4v) is 4.09. The molecule has 0 saturated heterocycles. The average molecular weight is 423 g/mol. The lowest BCUT2D eigenvalue weighted by Gasteiger charge is -2.13. The summed E-state index contributed by atoms with van der Waals surface area (Å²) in [5, 5.41) is 9.32. The van der Waals surface area contributed by atoms with Gasteiger partial charge in [-0.05, 0) is 55.0 Å². The van der Waals surface area contributed by atoms with Crippen LogP contribution in [0.1, 0.15) is 11.1 Å². The number of thioether (sulfide) groups is 1. The molecule has 0 atom stereocenters. The monoisotopic (exact) mass is 423 g/mol. The van der Waals surface area contributed by atoms with Crippen LogP contribution in [-0.4, -0.2) is 21.9 Å². The molecule has 4 rings (SSSR count). The molecule has 0 saturated carbocycles. The largest absolute Gasteiger partial charge is 0.496 e. The van der Waals surface area contributed by atoms with E-state index in [1.807, 2.05) is 60.0 Å². The number of benzene rings is 3. The van der Waals surface area contributed by atoms with Crippen molar-refractivity contribution in [2.24, 2.45) is 0 Å². The standard InChI is InChI=1S/C23H19F2N3OS/c1-15-6-5-7-18(12-15)28-22(19-8-3-4-9-21(19)29-2)26-27-23(28)30-14-16-13-17(24)10-11-20(16)25/h3-13H,14H2,1-2H3. The van der Waals surface area contributed by atoms with Crippen LogP contribution in [0.15, 0.2) is 71.9 Å². The minimum absolute atomic E-state index is 0.222. The van der Waals surface area contributed by atoms with Gasteiger partial charge in [-0.2, -0.15) is 0 Å². The summed E-state index contributed by atoms with van der Waals surface area (Å²) in [6.45, 7) is 2.01. The number of hydrogen-bond acceptors (Lipinski definition) is 4. The maximum atomic E-state index is 14.1. The predicted molar refractivity (Wildman–Crippen MR) is 114 cm³/mol. The van der Waals surface area contributed by atoms with Gasteiger partial charge in [0.05, 0.1) is 12.7 Å². The number of rotatable bonds is 6. The molecule has 0 aliphatic carbocycles. The van der Waals surface area contributed by atoms with Gasteiger partial charge in [-0.25, -0.2) is 8.78 Å². The molecule has 1 aromatic heterocycles. The maximum absolute atomic E-state index is 14.1. The number of aromatic nitrogens is 3. The molecular weight excluding hydrogens is 404 g/mol. The zero-order valence-electron chi connectivity index (χ0n) is 16.5. The van der Waals surface area contributed by atoms with E-state index < -0.39 is 11.6 Å². The van der Waals surface area contributed by atoms with Crippen molar-refractivity contribution in [2.75, 3.05) is 7.11 Å². The van der Waals surface area contributed by atoms with E-state index in [0.29, 0.717) is 16.7 Å². The number of aryl methyl sites for hydroxylation is 1. The summed E-state index contributed by atoms with van der Waals surface area (Å²) in [5.74, 6) is 0.587. The van der Waals surface area contributed by atoms with Crippen molar-refractivity contribution in [3.05, 3.63) is 89.5 Å². The highest BCUT2D eigenvalue weighted by atomic mass is 32.2. The van der Waals surface area contributed by atoms with Crippen LogP contribution in [0.4, 0.5) is 8.78 Å². The van der Waals surface area contributed by atoms with Crippen LogP contribution in [0, 0.1) is 18.6 Å². The van der Waals surface area contributed by atoms with Gasteiger partial charge >= 0.3 is 0 Å². The summed E-state index contributed by atoms with van der Waals surface area (Å²) in [4.78, 5) is 0. The van der Waals surface area contributed by atoms with Crippen molar-refractivity contribution in [1.82, 2.24) is 14.8 Å². The Hall–Kier alpha value is -3.19. The summed E-state index contributed by atoms with van der Waals surface area (Å²) in [7, 11) is 1.61. The number of para-hydroxylation sites is 1. The van der Waals surface area contributed by atoms with Crippen LogP contribution in [0.25, 0.3) is 17.1 Å². The average Bonchev–Trinajstić information content (AvgIpc) is 3.18. The van der Waals surface area contributed by atoms with Gasteiger partial charge < -0.3 is 4.74 Å². The highest BCUT2D eigenvalue weighted by molar-refractivity contribution is 7.98. The number of hydrogen-bond donors (Lipinski definition) is 0. The first-order chi connectivity index (χ1) is 14.6. The van der Waals surface area contributed by atoms with Crippen LogP contribution in [-0.2, 0) is 5.75 Å². The second-order valence-corrected chi connectivity index (χ2v) is 7.65. The van der Waals surface area contributed by atoms with Crippen LogP contribution >= 0.6 is 11.8 Å². The molecule has 1 heterocycles. The third-order valence-corrected chi connectivity index (χ3v) is 5.58. The lowest BCUT2D eigenvalue weighted by atomic mass is 10.1. The molecule has 4 nitrogen and oxygen atoms in total. The molecule has 0 N–H and O–H groups in total. The van der Waals surface area contributed by atoms with Crippen molar-refractivity contribution < 1.29 is 13.5 Å². The Kier molecular flexibility index (Phi) is 5.81. The Balaban J connectivity index is 1.79. The van der Waals surface area contributed by atoms with Gasteiger partial charge in [-0.1, -0.05) is 36.0 Å². The molecule has 152 valence electrons. The molecule has 0 bridgehead atoms. The van der Waals surface area contributed by atoms with Gasteiger partial charge in [0.15, 0.2) is 11.0 Å². The van der Waals surface area contributed by atoms with Crippen LogP contribution in [0.2, 0.25) is 0 Å². The first-order valence-electron chi connectivity index (χ1n) is 9.29. The molecule has 0 unspecified atom stereocenters. The van der Waals surface area contributed by atoms with E-state index in [9.17, 15) is 8.78 Å². The first-order valence-corrected chi connectivity index (χ1v) is 10.3. The van der Waals surface area contributed by atoms with Gasteiger partial charge in [0.25, 0.3) is 0 Å². The summed E-state index contributed by atoms with van der Waals surface area (Å²) < 4.78 is 35.0. The van der Waals surface area contributed by atoms with Crippen LogP contribution < -0.4 is 4.74 Å². The lowest BCUT2D eigenvalue weighted by Crippen LogP contribution is -2.01. The van der Waals surface area contributed by atoms with Crippen LogP contribution in [0.5, 0.6) is 5.75 Å². The second kappa shape index (κ2) is 8.67. The molecule has 0 aliphatic heterocycles. The minimum Gasteiger partial charge on any atom is -0.496 e. The fourth-order valence-electron chi connectivity index (χ4n) is 3.16. The van der Waals surface area contributed by atoms with Crippen molar-refractivity contribution in [3.8, 4) is 22.8 Å². The number of halogens is 2. The molecule has 7 heteroatoms. The quantitative estimate of drug-likeness (QED) is 0.366. The molecule has 30 heavy (non-hydrogen) atoms. The smallest absolute Gasteiger partial charge is 0.196 e. The molecule has 0 spiro atoms. The number of ether oxygens (including phenoxy) is 1. The van der Waals surface area contributed by atoms with Crippen molar-refractivity contribution in [1.29, 1.82) is 0 Å². The topological polar surface area (TPSA) is 39.9 Å². The number of methoxy groups -OCH3 is 1. The summed E-state index contributed by atoms with van der Waals surface area (Å²) in [6, 6.07) is 19.0. The van der Waals surface area contributed by atoms with E-state index >= 15 is 0 Å². The zero-order valence-corrected chi connectivity index (χ0v) is 17.3. The van der Waals surface area contributed by atoms with Gasteiger partial charge in [0.1, 0.15) is 17.4 Å². The number of nitrogens with zero attached hydrogens (tertiary/aromatic N) is 3. The van der Waals surface area contributed by atoms with Gasteiger partial charge in [-0.3, -0.25) is 4.57 Å². The van der Waals surface area contributed by atoms with Crippen molar-refractivity contribution in [2.45, 2.75) is 17.8 Å². The minimum atomic E-state index is -0.470. The van der Waals surface area contributed by atoms with E-state index in [1.54, 1.807) is 7.11 Å². The summed E-state index contributed by atoms with van der Waals surface area (Å²) >= 11 is 1.29. The van der Waals surface area contributed by atoms with Gasteiger partial charge in [0, 0.05) is 17.0 Å². The molecule has 0 amide bonds. The second-order valence-electron chi connectivity index (χ2n) is 6.71. The molecular formula is C23H19F2N3OS. The summed E-state index contributed by atoms with van der Waals surface area (Å²) in [6.07, 6.45) is 0. The first kappa shape index (κ1) is 20.1. The Morgan fingerprint density at radius 2 is 1.80 bits per heavy atom. The Morgan fingerprint density at radius 3 is 2.60 bits per heavy atom. The van der Waals surface area contributed by atoms with E-state index in [1.165, 1.54) is 17.8 Å².